The SMILES string of the molecule is C=CCN(CCCCC)C(=O)C1N([C@@H](CO)CC(C)C)C(=O)[C@@H]2[C@@H](C(=O)N(CC=C)c3ccccc3)[C@H]3CC(C)C12S3. The van der Waals surface area contributed by atoms with Crippen LogP contribution in [0, 0.1) is 23.7 Å². The van der Waals surface area contributed by atoms with Crippen molar-refractivity contribution in [3.63, 3.8) is 0 Å². The Morgan fingerprint density at radius 1 is 1.14 bits per heavy atom. The maximum absolute atomic E-state index is 14.7. The van der Waals surface area contributed by atoms with Crippen molar-refractivity contribution in [1.82, 2.24) is 9.80 Å². The van der Waals surface area contributed by atoms with E-state index < -0.39 is 28.7 Å². The minimum atomic E-state index is -0.736. The predicted octanol–water partition coefficient (Wildman–Crippen LogP) is 5.15. The average Bonchev–Trinajstić information content (AvgIpc) is 3.57. The lowest BCUT2D eigenvalue weighted by Crippen LogP contribution is -2.59. The van der Waals surface area contributed by atoms with Gasteiger partial charge in [0.05, 0.1) is 29.2 Å². The van der Waals surface area contributed by atoms with E-state index in [1.165, 1.54) is 0 Å². The quantitative estimate of drug-likeness (QED) is 0.224. The Labute approximate surface area is 256 Å². The van der Waals surface area contributed by atoms with E-state index in [0.29, 0.717) is 26.1 Å². The monoisotopic (exact) mass is 595 g/mol. The van der Waals surface area contributed by atoms with Crippen LogP contribution in [-0.4, -0.2) is 80.9 Å². The van der Waals surface area contributed by atoms with Crippen LogP contribution < -0.4 is 4.90 Å². The lowest BCUT2D eigenvalue weighted by molar-refractivity contribution is -0.146. The number of carbonyl (C=O) groups excluding carboxylic acids is 3. The second-order valence-electron chi connectivity index (χ2n) is 12.6. The second-order valence-corrected chi connectivity index (χ2v) is 14.2. The standard InChI is InChI=1S/C34H49N3O4S/c1-7-10-14-19-35(17-8-2)33(41)30-34-24(6)21-27(42-34)28(29(34)32(40)37(30)26(22-38)20-23(4)5)31(39)36(18-9-3)25-15-12-11-13-16-25/h8-9,11-13,15-16,23-24,26-30,38H,2-3,7,10,14,17-22H2,1,4-6H3/t24?,26-,27-,28+,29+,30?,34?/m1/s1. The highest BCUT2D eigenvalue weighted by molar-refractivity contribution is 8.02. The molecule has 7 atom stereocenters. The van der Waals surface area contributed by atoms with Crippen LogP contribution in [0.3, 0.4) is 0 Å². The maximum atomic E-state index is 14.7. The van der Waals surface area contributed by atoms with Crippen molar-refractivity contribution in [3.05, 3.63) is 55.6 Å². The highest BCUT2D eigenvalue weighted by atomic mass is 32.2. The van der Waals surface area contributed by atoms with Crippen LogP contribution in [0.4, 0.5) is 5.69 Å². The highest BCUT2D eigenvalue weighted by Crippen LogP contribution is 2.69. The third kappa shape index (κ3) is 5.69. The Kier molecular flexibility index (Phi) is 10.6. The molecule has 7 nitrogen and oxygen atoms in total. The molecule has 3 aliphatic heterocycles. The number of anilines is 1. The molecule has 1 spiro atoms. The summed E-state index contributed by atoms with van der Waals surface area (Å²) in [5.41, 5.74) is 0.772. The van der Waals surface area contributed by atoms with Crippen molar-refractivity contribution < 1.29 is 19.5 Å². The average molecular weight is 596 g/mol. The van der Waals surface area contributed by atoms with Crippen molar-refractivity contribution >= 4 is 35.2 Å². The minimum Gasteiger partial charge on any atom is -0.394 e. The van der Waals surface area contributed by atoms with Crippen LogP contribution in [0.25, 0.3) is 0 Å². The summed E-state index contributed by atoms with van der Waals surface area (Å²) >= 11 is 1.69. The van der Waals surface area contributed by atoms with E-state index in [4.69, 9.17) is 0 Å². The van der Waals surface area contributed by atoms with Gasteiger partial charge in [-0.15, -0.1) is 24.9 Å². The van der Waals surface area contributed by atoms with E-state index in [2.05, 4.69) is 40.9 Å². The molecule has 3 amide bonds. The fourth-order valence-electron chi connectivity index (χ4n) is 7.65. The molecule has 230 valence electrons. The molecule has 0 aliphatic carbocycles. The molecule has 3 aliphatic rings. The second kappa shape index (κ2) is 13.8. The van der Waals surface area contributed by atoms with Gasteiger partial charge >= 0.3 is 0 Å². The fourth-order valence-corrected chi connectivity index (χ4v) is 10.0. The Bertz CT molecular complexity index is 1140. The summed E-state index contributed by atoms with van der Waals surface area (Å²) in [5.74, 6) is -1.23. The number of hydrogen-bond donors (Lipinski definition) is 1. The third-order valence-corrected chi connectivity index (χ3v) is 11.5. The number of benzene rings is 1. The first kappa shape index (κ1) is 32.3. The minimum absolute atomic E-state index is 0.0550. The maximum Gasteiger partial charge on any atom is 0.247 e. The molecule has 3 unspecified atom stereocenters. The number of aliphatic hydroxyl groups excluding tert-OH is 1. The number of nitrogens with zero attached hydrogens (tertiary/aromatic N) is 3. The molecule has 3 fully saturated rings. The van der Waals surface area contributed by atoms with E-state index >= 15 is 0 Å². The summed E-state index contributed by atoms with van der Waals surface area (Å²) in [6, 6.07) is 8.30. The normalized spacial score (nSPS) is 28.6. The van der Waals surface area contributed by atoms with Gasteiger partial charge in [0.1, 0.15) is 6.04 Å². The summed E-state index contributed by atoms with van der Waals surface area (Å²) < 4.78 is -0.732. The zero-order chi connectivity index (χ0) is 30.6. The van der Waals surface area contributed by atoms with E-state index in [1.807, 2.05) is 35.2 Å². The lowest BCUT2D eigenvalue weighted by atomic mass is 9.65. The molecular formula is C34H49N3O4S. The van der Waals surface area contributed by atoms with E-state index in [1.54, 1.807) is 33.7 Å². The van der Waals surface area contributed by atoms with Gasteiger partial charge in [-0.05, 0) is 43.2 Å². The Hall–Kier alpha value is -2.58. The van der Waals surface area contributed by atoms with Crippen LogP contribution >= 0.6 is 11.8 Å². The van der Waals surface area contributed by atoms with Gasteiger partial charge in [-0.25, -0.2) is 0 Å². The fraction of sp³-hybridized carbons (Fsp3) is 0.618. The molecule has 1 N–H and O–H groups in total. The van der Waals surface area contributed by atoms with Crippen LogP contribution in [0.1, 0.15) is 59.8 Å². The van der Waals surface area contributed by atoms with Crippen molar-refractivity contribution in [2.75, 3.05) is 31.1 Å². The molecule has 3 saturated heterocycles. The zero-order valence-corrected chi connectivity index (χ0v) is 26.6. The van der Waals surface area contributed by atoms with Crippen LogP contribution in [-0.2, 0) is 14.4 Å². The molecule has 0 aromatic heterocycles. The van der Waals surface area contributed by atoms with E-state index in [0.717, 1.165) is 31.4 Å². The number of rotatable bonds is 15. The first-order valence-electron chi connectivity index (χ1n) is 15.7. The smallest absolute Gasteiger partial charge is 0.247 e. The summed E-state index contributed by atoms with van der Waals surface area (Å²) in [4.78, 5) is 49.1. The van der Waals surface area contributed by atoms with E-state index in [9.17, 15) is 19.5 Å². The Morgan fingerprint density at radius 3 is 2.43 bits per heavy atom. The van der Waals surface area contributed by atoms with Crippen molar-refractivity contribution in [1.29, 1.82) is 0 Å². The number of hydrogen-bond acceptors (Lipinski definition) is 5. The van der Waals surface area contributed by atoms with Crippen molar-refractivity contribution in [2.45, 2.75) is 81.9 Å². The summed E-state index contributed by atoms with van der Waals surface area (Å²) in [6.07, 6.45) is 7.74. The van der Waals surface area contributed by atoms with Crippen LogP contribution in [0.2, 0.25) is 0 Å². The van der Waals surface area contributed by atoms with Gasteiger partial charge in [0.25, 0.3) is 0 Å². The summed E-state index contributed by atoms with van der Waals surface area (Å²) in [5, 5.41) is 10.6. The lowest BCUT2D eigenvalue weighted by Gasteiger charge is -2.42. The van der Waals surface area contributed by atoms with Gasteiger partial charge in [-0.2, -0.15) is 0 Å². The summed E-state index contributed by atoms with van der Waals surface area (Å²) in [6.45, 7) is 17.3. The third-order valence-electron chi connectivity index (χ3n) is 9.39. The number of thioether (sulfide) groups is 1. The largest absolute Gasteiger partial charge is 0.394 e. The topological polar surface area (TPSA) is 81.2 Å². The molecule has 2 bridgehead atoms. The number of carbonyl (C=O) groups is 3. The van der Waals surface area contributed by atoms with Gasteiger partial charge < -0.3 is 19.8 Å². The van der Waals surface area contributed by atoms with Crippen LogP contribution in [0.15, 0.2) is 55.6 Å². The molecule has 8 heteroatoms. The van der Waals surface area contributed by atoms with Gasteiger partial charge in [-0.1, -0.05) is 70.9 Å². The first-order chi connectivity index (χ1) is 20.2. The number of para-hydroxylation sites is 1. The Balaban J connectivity index is 1.81. The van der Waals surface area contributed by atoms with Crippen molar-refractivity contribution in [3.8, 4) is 0 Å². The molecule has 0 saturated carbocycles. The number of amides is 3. The predicted molar refractivity (Wildman–Crippen MR) is 171 cm³/mol. The van der Waals surface area contributed by atoms with Crippen LogP contribution in [0.5, 0.6) is 0 Å². The number of likely N-dealkylation sites (tertiary alicyclic amines) is 1. The molecule has 1 aromatic rings. The van der Waals surface area contributed by atoms with Crippen molar-refractivity contribution in [2.24, 2.45) is 23.7 Å². The van der Waals surface area contributed by atoms with Gasteiger partial charge in [0.2, 0.25) is 17.7 Å². The molecule has 42 heavy (non-hydrogen) atoms. The molecular weight excluding hydrogens is 546 g/mol. The number of aliphatic hydroxyl groups is 1. The van der Waals surface area contributed by atoms with E-state index in [-0.39, 0.29) is 41.4 Å². The first-order valence-corrected chi connectivity index (χ1v) is 16.5. The zero-order valence-electron chi connectivity index (χ0n) is 25.8. The van der Waals surface area contributed by atoms with Gasteiger partial charge in [0, 0.05) is 30.6 Å². The van der Waals surface area contributed by atoms with Gasteiger partial charge in [-0.3, -0.25) is 14.4 Å². The number of fused-ring (bicyclic) bond motifs is 1. The number of unbranched alkanes of at least 4 members (excludes halogenated alkanes) is 2. The van der Waals surface area contributed by atoms with Gasteiger partial charge in [0.15, 0.2) is 0 Å². The Morgan fingerprint density at radius 2 is 1.83 bits per heavy atom. The molecule has 1 aromatic carbocycles. The molecule has 0 radical (unpaired) electrons. The molecule has 4 rings (SSSR count). The summed E-state index contributed by atoms with van der Waals surface area (Å²) in [7, 11) is 0. The molecule has 3 heterocycles. The highest BCUT2D eigenvalue weighted by Gasteiger charge is 2.77.